The van der Waals surface area contributed by atoms with Gasteiger partial charge in [-0.3, -0.25) is 4.90 Å². The summed E-state index contributed by atoms with van der Waals surface area (Å²) in [4.78, 5) is 7.06. The average molecular weight is 339 g/mol. The zero-order valence-electron chi connectivity index (χ0n) is 13.8. The molecule has 0 aliphatic carbocycles. The highest BCUT2D eigenvalue weighted by molar-refractivity contribution is 7.20. The lowest BCUT2D eigenvalue weighted by molar-refractivity contribution is 0.231. The van der Waals surface area contributed by atoms with E-state index in [1.54, 1.807) is 11.3 Å². The van der Waals surface area contributed by atoms with Gasteiger partial charge in [0.25, 0.3) is 5.19 Å². The number of hydrogen-bond acceptors (Lipinski definition) is 5. The Hall–Kier alpha value is -1.95. The molecule has 0 spiro atoms. The standard InChI is InChI=1S/C19H21N3OS/c1-14-6-7-15(13-22-10-8-20-9-11-22)17(12-14)23-19-21-16-4-2-3-5-18(16)24-19/h2-7,12,20H,8-11,13H2,1H3. The summed E-state index contributed by atoms with van der Waals surface area (Å²) in [7, 11) is 0. The Kier molecular flexibility index (Phi) is 4.47. The van der Waals surface area contributed by atoms with Gasteiger partial charge in [0.05, 0.1) is 10.2 Å². The van der Waals surface area contributed by atoms with Crippen molar-refractivity contribution in [2.24, 2.45) is 0 Å². The van der Waals surface area contributed by atoms with E-state index in [2.05, 4.69) is 46.4 Å². The predicted octanol–water partition coefficient (Wildman–Crippen LogP) is 3.80. The zero-order valence-corrected chi connectivity index (χ0v) is 14.6. The van der Waals surface area contributed by atoms with Crippen molar-refractivity contribution < 1.29 is 4.74 Å². The molecule has 1 aliphatic heterocycles. The molecule has 2 aromatic carbocycles. The largest absolute Gasteiger partial charge is 0.431 e. The summed E-state index contributed by atoms with van der Waals surface area (Å²) in [5, 5.41) is 4.11. The first-order valence-electron chi connectivity index (χ1n) is 8.34. The smallest absolute Gasteiger partial charge is 0.279 e. The van der Waals surface area contributed by atoms with E-state index >= 15 is 0 Å². The van der Waals surface area contributed by atoms with Gasteiger partial charge < -0.3 is 10.1 Å². The van der Waals surface area contributed by atoms with Gasteiger partial charge in [0, 0.05) is 38.3 Å². The predicted molar refractivity (Wildman–Crippen MR) is 99.0 cm³/mol. The van der Waals surface area contributed by atoms with Crippen LogP contribution in [0.15, 0.2) is 42.5 Å². The highest BCUT2D eigenvalue weighted by Gasteiger charge is 2.14. The monoisotopic (exact) mass is 339 g/mol. The molecule has 0 amide bonds. The van der Waals surface area contributed by atoms with Crippen molar-refractivity contribution in [1.82, 2.24) is 15.2 Å². The molecule has 3 aromatic rings. The number of aromatic nitrogens is 1. The van der Waals surface area contributed by atoms with Crippen molar-refractivity contribution in [3.63, 3.8) is 0 Å². The highest BCUT2D eigenvalue weighted by atomic mass is 32.1. The van der Waals surface area contributed by atoms with Crippen LogP contribution in [-0.2, 0) is 6.54 Å². The molecular weight excluding hydrogens is 318 g/mol. The Morgan fingerprint density at radius 2 is 2.00 bits per heavy atom. The van der Waals surface area contributed by atoms with Gasteiger partial charge >= 0.3 is 0 Å². The van der Waals surface area contributed by atoms with Gasteiger partial charge in [-0.05, 0) is 30.7 Å². The summed E-state index contributed by atoms with van der Waals surface area (Å²) in [6, 6.07) is 14.6. The summed E-state index contributed by atoms with van der Waals surface area (Å²) in [5.41, 5.74) is 3.42. The van der Waals surface area contributed by atoms with Crippen LogP contribution in [0.2, 0.25) is 0 Å². The molecule has 4 nitrogen and oxygen atoms in total. The van der Waals surface area contributed by atoms with Crippen LogP contribution < -0.4 is 10.1 Å². The number of thiazole rings is 1. The van der Waals surface area contributed by atoms with E-state index < -0.39 is 0 Å². The minimum Gasteiger partial charge on any atom is -0.431 e. The van der Waals surface area contributed by atoms with Crippen molar-refractivity contribution in [1.29, 1.82) is 0 Å². The molecule has 24 heavy (non-hydrogen) atoms. The second-order valence-corrected chi connectivity index (χ2v) is 7.18. The van der Waals surface area contributed by atoms with Gasteiger partial charge in [-0.15, -0.1) is 0 Å². The summed E-state index contributed by atoms with van der Waals surface area (Å²) in [6.07, 6.45) is 0. The van der Waals surface area contributed by atoms with Crippen LogP contribution in [0.25, 0.3) is 10.2 Å². The number of benzene rings is 2. The van der Waals surface area contributed by atoms with E-state index in [0.29, 0.717) is 5.19 Å². The second-order valence-electron chi connectivity index (χ2n) is 6.19. The van der Waals surface area contributed by atoms with Gasteiger partial charge in [-0.25, -0.2) is 4.98 Å². The molecule has 4 rings (SSSR count). The number of para-hydroxylation sites is 1. The molecular formula is C19H21N3OS. The Bertz CT molecular complexity index is 806. The van der Waals surface area contributed by atoms with Crippen LogP contribution in [0.3, 0.4) is 0 Å². The number of piperazine rings is 1. The van der Waals surface area contributed by atoms with Crippen LogP contribution in [0.5, 0.6) is 10.9 Å². The van der Waals surface area contributed by atoms with Gasteiger partial charge in [-0.1, -0.05) is 35.6 Å². The fourth-order valence-corrected chi connectivity index (χ4v) is 3.81. The van der Waals surface area contributed by atoms with Crippen molar-refractivity contribution >= 4 is 21.6 Å². The fourth-order valence-electron chi connectivity index (χ4n) is 2.99. The van der Waals surface area contributed by atoms with Gasteiger partial charge in [0.2, 0.25) is 0 Å². The van der Waals surface area contributed by atoms with E-state index in [4.69, 9.17) is 4.74 Å². The first-order valence-corrected chi connectivity index (χ1v) is 9.15. The minimum absolute atomic E-state index is 0.711. The first-order chi connectivity index (χ1) is 11.8. The number of nitrogens with zero attached hydrogens (tertiary/aromatic N) is 2. The minimum atomic E-state index is 0.711. The molecule has 124 valence electrons. The maximum atomic E-state index is 6.18. The number of nitrogens with one attached hydrogen (secondary N) is 1. The van der Waals surface area contributed by atoms with E-state index in [1.807, 2.05) is 18.2 Å². The quantitative estimate of drug-likeness (QED) is 0.784. The van der Waals surface area contributed by atoms with Crippen molar-refractivity contribution in [3.8, 4) is 10.9 Å². The number of hydrogen-bond donors (Lipinski definition) is 1. The Morgan fingerprint density at radius 1 is 1.17 bits per heavy atom. The van der Waals surface area contributed by atoms with Crippen LogP contribution in [-0.4, -0.2) is 36.1 Å². The molecule has 1 aliphatic rings. The van der Waals surface area contributed by atoms with E-state index in [-0.39, 0.29) is 0 Å². The molecule has 1 N–H and O–H groups in total. The van der Waals surface area contributed by atoms with Crippen molar-refractivity contribution in [3.05, 3.63) is 53.6 Å². The molecule has 0 unspecified atom stereocenters. The Morgan fingerprint density at radius 3 is 2.83 bits per heavy atom. The van der Waals surface area contributed by atoms with E-state index in [1.165, 1.54) is 11.1 Å². The van der Waals surface area contributed by atoms with Gasteiger partial charge in [-0.2, -0.15) is 0 Å². The molecule has 0 saturated carbocycles. The summed E-state index contributed by atoms with van der Waals surface area (Å²) in [5.74, 6) is 0.924. The SMILES string of the molecule is Cc1ccc(CN2CCNCC2)c(Oc2nc3ccccc3s2)c1. The third-order valence-electron chi connectivity index (χ3n) is 4.30. The fraction of sp³-hybridized carbons (Fsp3) is 0.316. The van der Waals surface area contributed by atoms with Crippen LogP contribution in [0, 0.1) is 6.92 Å². The van der Waals surface area contributed by atoms with Gasteiger partial charge in [0.15, 0.2) is 0 Å². The molecule has 1 aromatic heterocycles. The lowest BCUT2D eigenvalue weighted by Crippen LogP contribution is -2.42. The van der Waals surface area contributed by atoms with Crippen LogP contribution in [0.1, 0.15) is 11.1 Å². The third-order valence-corrected chi connectivity index (χ3v) is 5.21. The molecule has 1 saturated heterocycles. The maximum absolute atomic E-state index is 6.18. The lowest BCUT2D eigenvalue weighted by atomic mass is 10.1. The summed E-state index contributed by atoms with van der Waals surface area (Å²) < 4.78 is 7.34. The first kappa shape index (κ1) is 15.6. The van der Waals surface area contributed by atoms with Gasteiger partial charge in [0.1, 0.15) is 5.75 Å². The molecule has 1 fully saturated rings. The number of ether oxygens (including phenoxy) is 1. The Balaban J connectivity index is 1.59. The molecule has 2 heterocycles. The lowest BCUT2D eigenvalue weighted by Gasteiger charge is -2.27. The second kappa shape index (κ2) is 6.89. The van der Waals surface area contributed by atoms with Crippen LogP contribution in [0.4, 0.5) is 0 Å². The van der Waals surface area contributed by atoms with Crippen molar-refractivity contribution in [2.75, 3.05) is 26.2 Å². The molecule has 0 bridgehead atoms. The number of aryl methyl sites for hydroxylation is 1. The van der Waals surface area contributed by atoms with Crippen LogP contribution >= 0.6 is 11.3 Å². The Labute approximate surface area is 146 Å². The van der Waals surface area contributed by atoms with E-state index in [0.717, 1.165) is 48.7 Å². The highest BCUT2D eigenvalue weighted by Crippen LogP contribution is 2.33. The zero-order chi connectivity index (χ0) is 16.4. The molecule has 5 heteroatoms. The average Bonchev–Trinajstić information content (AvgIpc) is 3.00. The maximum Gasteiger partial charge on any atom is 0.279 e. The molecule has 0 radical (unpaired) electrons. The topological polar surface area (TPSA) is 37.4 Å². The normalized spacial score (nSPS) is 15.7. The van der Waals surface area contributed by atoms with Crippen molar-refractivity contribution in [2.45, 2.75) is 13.5 Å². The number of rotatable bonds is 4. The number of fused-ring (bicyclic) bond motifs is 1. The molecule has 0 atom stereocenters. The third kappa shape index (κ3) is 3.43. The summed E-state index contributed by atoms with van der Waals surface area (Å²) >= 11 is 1.60. The summed E-state index contributed by atoms with van der Waals surface area (Å²) in [6.45, 7) is 7.28. The van der Waals surface area contributed by atoms with E-state index in [9.17, 15) is 0 Å².